The lowest BCUT2D eigenvalue weighted by molar-refractivity contribution is -0.137. The monoisotopic (exact) mass is 388 g/mol. The number of nitrogens with one attached hydrogen (secondary N) is 1. The van der Waals surface area contributed by atoms with E-state index in [1.54, 1.807) is 25.1 Å². The SMILES string of the molecule is Cc1cccc(NC(=O)c2nn(-c3cccc(C(F)(F)F)c3)c(C)cc2=O)n1. The third kappa shape index (κ3) is 4.08. The first-order chi connectivity index (χ1) is 13.1. The zero-order valence-electron chi connectivity index (χ0n) is 14.9. The predicted octanol–water partition coefficient (Wildman–Crippen LogP) is 3.52. The van der Waals surface area contributed by atoms with Gasteiger partial charge in [-0.15, -0.1) is 0 Å². The van der Waals surface area contributed by atoms with Gasteiger partial charge in [0.1, 0.15) is 5.82 Å². The molecule has 28 heavy (non-hydrogen) atoms. The van der Waals surface area contributed by atoms with E-state index in [1.807, 2.05) is 0 Å². The van der Waals surface area contributed by atoms with Crippen LogP contribution in [-0.2, 0) is 6.18 Å². The Morgan fingerprint density at radius 1 is 1.07 bits per heavy atom. The summed E-state index contributed by atoms with van der Waals surface area (Å²) in [6, 6.07) is 10.6. The first-order valence-electron chi connectivity index (χ1n) is 8.19. The van der Waals surface area contributed by atoms with E-state index in [0.29, 0.717) is 5.69 Å². The van der Waals surface area contributed by atoms with Crippen LogP contribution < -0.4 is 10.7 Å². The Kier molecular flexibility index (Phi) is 5.00. The summed E-state index contributed by atoms with van der Waals surface area (Å²) in [7, 11) is 0. The number of anilines is 1. The van der Waals surface area contributed by atoms with Gasteiger partial charge in [0.05, 0.1) is 11.3 Å². The summed E-state index contributed by atoms with van der Waals surface area (Å²) in [5.74, 6) is -0.568. The van der Waals surface area contributed by atoms with Gasteiger partial charge in [-0.3, -0.25) is 9.59 Å². The van der Waals surface area contributed by atoms with Crippen LogP contribution in [-0.4, -0.2) is 20.7 Å². The zero-order valence-corrected chi connectivity index (χ0v) is 14.9. The molecule has 0 spiro atoms. The molecule has 6 nitrogen and oxygen atoms in total. The molecule has 3 aromatic rings. The van der Waals surface area contributed by atoms with Crippen LogP contribution in [0.5, 0.6) is 0 Å². The minimum atomic E-state index is -4.53. The number of carbonyl (C=O) groups is 1. The van der Waals surface area contributed by atoms with Crippen LogP contribution in [0.1, 0.15) is 27.4 Å². The fourth-order valence-electron chi connectivity index (χ4n) is 2.57. The van der Waals surface area contributed by atoms with Crippen molar-refractivity contribution in [1.82, 2.24) is 14.8 Å². The van der Waals surface area contributed by atoms with Crippen LogP contribution in [0.4, 0.5) is 19.0 Å². The number of halogens is 3. The maximum absolute atomic E-state index is 13.0. The second-order valence-electron chi connectivity index (χ2n) is 6.08. The number of nitrogens with zero attached hydrogens (tertiary/aromatic N) is 3. The van der Waals surface area contributed by atoms with E-state index in [4.69, 9.17) is 0 Å². The van der Waals surface area contributed by atoms with Crippen LogP contribution in [0.2, 0.25) is 0 Å². The summed E-state index contributed by atoms with van der Waals surface area (Å²) in [6.07, 6.45) is -4.53. The second-order valence-corrected chi connectivity index (χ2v) is 6.08. The van der Waals surface area contributed by atoms with Crippen molar-refractivity contribution in [2.24, 2.45) is 0 Å². The highest BCUT2D eigenvalue weighted by Gasteiger charge is 2.30. The Hall–Kier alpha value is -3.49. The lowest BCUT2D eigenvalue weighted by Crippen LogP contribution is -2.27. The standard InChI is InChI=1S/C19H15F3N4O2/c1-11-5-3-8-16(23-11)24-18(28)17-15(27)9-12(2)26(25-17)14-7-4-6-13(10-14)19(20,21)22/h3-10H,1-2H3,(H,23,24,28). The third-order valence-electron chi connectivity index (χ3n) is 3.87. The van der Waals surface area contributed by atoms with Crippen molar-refractivity contribution in [2.45, 2.75) is 20.0 Å². The zero-order chi connectivity index (χ0) is 20.5. The molecule has 0 aliphatic rings. The number of amides is 1. The molecule has 0 fully saturated rings. The molecule has 0 atom stereocenters. The number of carbonyl (C=O) groups excluding carboxylic acids is 1. The van der Waals surface area contributed by atoms with Crippen LogP contribution in [0, 0.1) is 13.8 Å². The van der Waals surface area contributed by atoms with Gasteiger partial charge in [-0.25, -0.2) is 9.67 Å². The molecule has 1 N–H and O–H groups in total. The fraction of sp³-hybridized carbons (Fsp3) is 0.158. The lowest BCUT2D eigenvalue weighted by atomic mass is 10.2. The van der Waals surface area contributed by atoms with Gasteiger partial charge < -0.3 is 5.32 Å². The molecule has 0 aliphatic carbocycles. The van der Waals surface area contributed by atoms with E-state index in [1.165, 1.54) is 19.1 Å². The van der Waals surface area contributed by atoms with Gasteiger partial charge >= 0.3 is 6.18 Å². The molecule has 0 aliphatic heterocycles. The minimum absolute atomic E-state index is 0.0788. The van der Waals surface area contributed by atoms with Gasteiger partial charge in [-0.2, -0.15) is 18.3 Å². The van der Waals surface area contributed by atoms with E-state index in [-0.39, 0.29) is 17.2 Å². The van der Waals surface area contributed by atoms with Crippen molar-refractivity contribution in [2.75, 3.05) is 5.32 Å². The molecule has 3 rings (SSSR count). The summed E-state index contributed by atoms with van der Waals surface area (Å²) in [5.41, 5.74) is -0.933. The average molecular weight is 388 g/mol. The molecule has 0 bridgehead atoms. The Balaban J connectivity index is 2.02. The van der Waals surface area contributed by atoms with Gasteiger partial charge in [0.15, 0.2) is 5.69 Å². The highest BCUT2D eigenvalue weighted by Crippen LogP contribution is 2.30. The normalized spacial score (nSPS) is 11.3. The van der Waals surface area contributed by atoms with Gasteiger partial charge in [-0.1, -0.05) is 12.1 Å². The number of hydrogen-bond donors (Lipinski definition) is 1. The summed E-state index contributed by atoms with van der Waals surface area (Å²) in [5, 5.41) is 6.45. The van der Waals surface area contributed by atoms with Gasteiger partial charge in [-0.05, 0) is 44.2 Å². The van der Waals surface area contributed by atoms with Crippen molar-refractivity contribution in [1.29, 1.82) is 0 Å². The molecule has 2 heterocycles. The van der Waals surface area contributed by atoms with Gasteiger partial charge in [0, 0.05) is 17.5 Å². The number of alkyl halides is 3. The van der Waals surface area contributed by atoms with Crippen molar-refractivity contribution >= 4 is 11.7 Å². The Morgan fingerprint density at radius 2 is 1.79 bits per heavy atom. The smallest absolute Gasteiger partial charge is 0.305 e. The van der Waals surface area contributed by atoms with Crippen LogP contribution >= 0.6 is 0 Å². The maximum atomic E-state index is 13.0. The van der Waals surface area contributed by atoms with Crippen LogP contribution in [0.25, 0.3) is 5.69 Å². The molecular weight excluding hydrogens is 373 g/mol. The summed E-state index contributed by atoms with van der Waals surface area (Å²) in [4.78, 5) is 28.8. The minimum Gasteiger partial charge on any atom is -0.305 e. The van der Waals surface area contributed by atoms with Gasteiger partial charge in [0.25, 0.3) is 5.91 Å². The molecule has 2 aromatic heterocycles. The summed E-state index contributed by atoms with van der Waals surface area (Å²) >= 11 is 0. The summed E-state index contributed by atoms with van der Waals surface area (Å²) in [6.45, 7) is 3.25. The number of aromatic nitrogens is 3. The van der Waals surface area contributed by atoms with Crippen molar-refractivity contribution in [3.8, 4) is 5.69 Å². The van der Waals surface area contributed by atoms with E-state index in [0.717, 1.165) is 22.9 Å². The molecular formula is C19H15F3N4O2. The first-order valence-corrected chi connectivity index (χ1v) is 8.19. The van der Waals surface area contributed by atoms with E-state index in [9.17, 15) is 22.8 Å². The number of rotatable bonds is 3. The predicted molar refractivity (Wildman–Crippen MR) is 96.5 cm³/mol. The highest BCUT2D eigenvalue weighted by molar-refractivity contribution is 6.02. The summed E-state index contributed by atoms with van der Waals surface area (Å²) < 4.78 is 40.1. The number of benzene rings is 1. The first kappa shape index (κ1) is 19.3. The third-order valence-corrected chi connectivity index (χ3v) is 3.87. The van der Waals surface area contributed by atoms with E-state index in [2.05, 4.69) is 15.4 Å². The second kappa shape index (κ2) is 7.26. The molecule has 0 saturated heterocycles. The topological polar surface area (TPSA) is 76.9 Å². The van der Waals surface area contributed by atoms with E-state index < -0.39 is 28.8 Å². The molecule has 0 unspecified atom stereocenters. The Bertz CT molecular complexity index is 1110. The molecule has 1 aromatic carbocycles. The van der Waals surface area contributed by atoms with Crippen molar-refractivity contribution in [3.05, 3.63) is 81.4 Å². The van der Waals surface area contributed by atoms with E-state index >= 15 is 0 Å². The molecule has 0 radical (unpaired) electrons. The number of pyridine rings is 1. The van der Waals surface area contributed by atoms with Crippen molar-refractivity contribution < 1.29 is 18.0 Å². The largest absolute Gasteiger partial charge is 0.416 e. The Morgan fingerprint density at radius 3 is 2.46 bits per heavy atom. The van der Waals surface area contributed by atoms with Gasteiger partial charge in [0.2, 0.25) is 5.43 Å². The highest BCUT2D eigenvalue weighted by atomic mass is 19.4. The quantitative estimate of drug-likeness (QED) is 0.745. The maximum Gasteiger partial charge on any atom is 0.416 e. The molecule has 1 amide bonds. The fourth-order valence-corrected chi connectivity index (χ4v) is 2.57. The average Bonchev–Trinajstić information content (AvgIpc) is 2.61. The number of hydrogen-bond acceptors (Lipinski definition) is 4. The molecule has 9 heteroatoms. The number of aryl methyl sites for hydroxylation is 2. The van der Waals surface area contributed by atoms with Crippen LogP contribution in [0.3, 0.4) is 0 Å². The lowest BCUT2D eigenvalue weighted by Gasteiger charge is -2.13. The molecule has 144 valence electrons. The van der Waals surface area contributed by atoms with Crippen molar-refractivity contribution in [3.63, 3.8) is 0 Å². The molecule has 0 saturated carbocycles. The van der Waals surface area contributed by atoms with Crippen LogP contribution in [0.15, 0.2) is 53.3 Å². The Labute approximate surface area is 157 Å².